The summed E-state index contributed by atoms with van der Waals surface area (Å²) >= 11 is 0. The van der Waals surface area contributed by atoms with E-state index in [0.717, 1.165) is 18.4 Å². The summed E-state index contributed by atoms with van der Waals surface area (Å²) < 4.78 is 32.5. The highest BCUT2D eigenvalue weighted by Crippen LogP contribution is 2.28. The van der Waals surface area contributed by atoms with E-state index in [-0.39, 0.29) is 23.9 Å². The molecule has 0 atom stereocenters. The average molecular weight is 368 g/mol. The third kappa shape index (κ3) is 4.52. The molecule has 0 radical (unpaired) electrons. The molecule has 140 valence electrons. The number of piperidine rings is 1. The Bertz CT molecular complexity index is 710. The van der Waals surface area contributed by atoms with Crippen molar-refractivity contribution in [1.29, 1.82) is 0 Å². The van der Waals surface area contributed by atoms with E-state index < -0.39 is 10.0 Å². The molecular weight excluding hydrogens is 340 g/mol. The van der Waals surface area contributed by atoms with Crippen LogP contribution in [0.1, 0.15) is 32.3 Å². The third-order valence-corrected chi connectivity index (χ3v) is 6.68. The Morgan fingerprint density at radius 2 is 1.96 bits per heavy atom. The van der Waals surface area contributed by atoms with Crippen molar-refractivity contribution in [3.05, 3.63) is 23.8 Å². The Labute approximate surface area is 150 Å². The van der Waals surface area contributed by atoms with E-state index in [9.17, 15) is 13.2 Å². The monoisotopic (exact) mass is 368 g/mol. The number of hydrogen-bond acceptors (Lipinski definition) is 4. The van der Waals surface area contributed by atoms with Crippen LogP contribution < -0.4 is 4.74 Å². The highest BCUT2D eigenvalue weighted by Gasteiger charge is 2.30. The first-order valence-corrected chi connectivity index (χ1v) is 10.2. The Morgan fingerprint density at radius 3 is 2.52 bits per heavy atom. The number of carbonyl (C=O) groups excluding carboxylic acids is 1. The van der Waals surface area contributed by atoms with Gasteiger partial charge in [-0.15, -0.1) is 0 Å². The van der Waals surface area contributed by atoms with Crippen LogP contribution in [0.25, 0.3) is 0 Å². The van der Waals surface area contributed by atoms with E-state index in [2.05, 4.69) is 6.92 Å². The molecule has 0 aromatic heterocycles. The zero-order chi connectivity index (χ0) is 18.6. The highest BCUT2D eigenvalue weighted by atomic mass is 32.2. The molecular formula is C18H28N2O4S. The number of likely N-dealkylation sites (N-methyl/N-ethyl adjacent to an activating group) is 1. The molecule has 0 unspecified atom stereocenters. The van der Waals surface area contributed by atoms with E-state index in [1.165, 1.54) is 11.4 Å². The summed E-state index contributed by atoms with van der Waals surface area (Å²) in [5.74, 6) is 0.777. The molecule has 7 heteroatoms. The third-order valence-electron chi connectivity index (χ3n) is 4.74. The number of amides is 1. The SMILES string of the molecule is CCN(CC(=O)N1CCC(C)CC1)S(=O)(=O)c1cc(C)ccc1OC. The standard InChI is InChI=1S/C18H28N2O4S/c1-5-20(13-18(21)19-10-8-14(2)9-11-19)25(22,23)17-12-15(3)6-7-16(17)24-4/h6-7,12,14H,5,8-11,13H2,1-4H3. The molecule has 0 N–H and O–H groups in total. The number of ether oxygens (including phenoxy) is 1. The number of nitrogens with zero attached hydrogens (tertiary/aromatic N) is 2. The Hall–Kier alpha value is -1.60. The fourth-order valence-electron chi connectivity index (χ4n) is 3.00. The molecule has 1 aromatic rings. The predicted molar refractivity (Wildman–Crippen MR) is 97.1 cm³/mol. The summed E-state index contributed by atoms with van der Waals surface area (Å²) in [7, 11) is -2.36. The van der Waals surface area contributed by atoms with Crippen molar-refractivity contribution in [2.45, 2.75) is 38.5 Å². The smallest absolute Gasteiger partial charge is 0.247 e. The molecule has 1 aromatic carbocycles. The van der Waals surface area contributed by atoms with Gasteiger partial charge in [0.15, 0.2) is 0 Å². The van der Waals surface area contributed by atoms with Crippen LogP contribution in [0.5, 0.6) is 5.75 Å². The first-order chi connectivity index (χ1) is 11.8. The van der Waals surface area contributed by atoms with Crippen molar-refractivity contribution in [3.8, 4) is 5.75 Å². The lowest BCUT2D eigenvalue weighted by molar-refractivity contribution is -0.132. The van der Waals surface area contributed by atoms with Crippen molar-refractivity contribution >= 4 is 15.9 Å². The van der Waals surface area contributed by atoms with Crippen molar-refractivity contribution < 1.29 is 17.9 Å². The molecule has 0 bridgehead atoms. The summed E-state index contributed by atoms with van der Waals surface area (Å²) in [6, 6.07) is 5.03. The van der Waals surface area contributed by atoms with E-state index in [1.54, 1.807) is 30.0 Å². The summed E-state index contributed by atoms with van der Waals surface area (Å²) in [5.41, 5.74) is 0.826. The Kier molecular flexibility index (Phi) is 6.46. The van der Waals surface area contributed by atoms with Crippen LogP contribution in [0.3, 0.4) is 0 Å². The van der Waals surface area contributed by atoms with Gasteiger partial charge in [0.2, 0.25) is 15.9 Å². The topological polar surface area (TPSA) is 66.9 Å². The molecule has 1 saturated heterocycles. The molecule has 2 rings (SSSR count). The second-order valence-corrected chi connectivity index (χ2v) is 8.56. The molecule has 1 fully saturated rings. The van der Waals surface area contributed by atoms with Crippen LogP contribution in [0.2, 0.25) is 0 Å². The van der Waals surface area contributed by atoms with Gasteiger partial charge >= 0.3 is 0 Å². The summed E-state index contributed by atoms with van der Waals surface area (Å²) in [6.45, 7) is 7.24. The van der Waals surface area contributed by atoms with Gasteiger partial charge in [-0.05, 0) is 43.4 Å². The van der Waals surface area contributed by atoms with Crippen LogP contribution in [-0.2, 0) is 14.8 Å². The van der Waals surface area contributed by atoms with Crippen LogP contribution in [0.4, 0.5) is 0 Å². The molecule has 25 heavy (non-hydrogen) atoms. The number of sulfonamides is 1. The number of benzene rings is 1. The van der Waals surface area contributed by atoms with Gasteiger partial charge in [0, 0.05) is 19.6 Å². The van der Waals surface area contributed by atoms with Crippen LogP contribution in [-0.4, -0.2) is 56.8 Å². The highest BCUT2D eigenvalue weighted by molar-refractivity contribution is 7.89. The molecule has 0 saturated carbocycles. The van der Waals surface area contributed by atoms with Crippen molar-refractivity contribution in [2.75, 3.05) is 33.3 Å². The number of likely N-dealkylation sites (tertiary alicyclic amines) is 1. The van der Waals surface area contributed by atoms with Gasteiger partial charge in [0.25, 0.3) is 0 Å². The Balaban J connectivity index is 2.21. The first kappa shape index (κ1) is 19.7. The quantitative estimate of drug-likeness (QED) is 0.773. The minimum atomic E-state index is -3.80. The van der Waals surface area contributed by atoms with E-state index in [4.69, 9.17) is 4.74 Å². The van der Waals surface area contributed by atoms with Gasteiger partial charge in [-0.25, -0.2) is 8.42 Å². The molecule has 6 nitrogen and oxygen atoms in total. The van der Waals surface area contributed by atoms with Crippen LogP contribution in [0, 0.1) is 12.8 Å². The Morgan fingerprint density at radius 1 is 1.32 bits per heavy atom. The second kappa shape index (κ2) is 8.19. The van der Waals surface area contributed by atoms with Gasteiger partial charge in [0.05, 0.1) is 13.7 Å². The number of aryl methyl sites for hydroxylation is 1. The molecule has 1 heterocycles. The maximum atomic E-state index is 13.0. The van der Waals surface area contributed by atoms with Crippen LogP contribution >= 0.6 is 0 Å². The van der Waals surface area contributed by atoms with Crippen molar-refractivity contribution in [3.63, 3.8) is 0 Å². The zero-order valence-corrected chi connectivity index (χ0v) is 16.3. The minimum Gasteiger partial charge on any atom is -0.495 e. The van der Waals surface area contributed by atoms with Gasteiger partial charge in [-0.2, -0.15) is 4.31 Å². The lowest BCUT2D eigenvalue weighted by Crippen LogP contribution is -2.45. The fraction of sp³-hybridized carbons (Fsp3) is 0.611. The summed E-state index contributed by atoms with van der Waals surface area (Å²) in [4.78, 5) is 14.4. The average Bonchev–Trinajstić information content (AvgIpc) is 2.59. The predicted octanol–water partition coefficient (Wildman–Crippen LogP) is 2.27. The molecule has 0 aliphatic carbocycles. The van der Waals surface area contributed by atoms with Gasteiger partial charge < -0.3 is 9.64 Å². The van der Waals surface area contributed by atoms with Gasteiger partial charge in [0.1, 0.15) is 10.6 Å². The lowest BCUT2D eigenvalue weighted by Gasteiger charge is -2.32. The maximum Gasteiger partial charge on any atom is 0.247 e. The maximum absolute atomic E-state index is 13.0. The van der Waals surface area contributed by atoms with Gasteiger partial charge in [-0.1, -0.05) is 19.9 Å². The lowest BCUT2D eigenvalue weighted by atomic mass is 9.99. The number of carbonyl (C=O) groups is 1. The van der Waals surface area contributed by atoms with Crippen molar-refractivity contribution in [1.82, 2.24) is 9.21 Å². The number of methoxy groups -OCH3 is 1. The van der Waals surface area contributed by atoms with E-state index in [0.29, 0.717) is 24.8 Å². The molecule has 1 amide bonds. The van der Waals surface area contributed by atoms with E-state index >= 15 is 0 Å². The summed E-state index contributed by atoms with van der Waals surface area (Å²) in [5, 5.41) is 0. The number of rotatable bonds is 6. The molecule has 0 spiro atoms. The first-order valence-electron chi connectivity index (χ1n) is 8.72. The van der Waals surface area contributed by atoms with Crippen molar-refractivity contribution in [2.24, 2.45) is 5.92 Å². The number of hydrogen-bond donors (Lipinski definition) is 0. The largest absolute Gasteiger partial charge is 0.495 e. The zero-order valence-electron chi connectivity index (χ0n) is 15.5. The normalized spacial score (nSPS) is 16.3. The molecule has 1 aliphatic heterocycles. The summed E-state index contributed by atoms with van der Waals surface area (Å²) in [6.07, 6.45) is 1.94. The fourth-order valence-corrected chi connectivity index (χ4v) is 4.64. The van der Waals surface area contributed by atoms with Crippen LogP contribution in [0.15, 0.2) is 23.1 Å². The second-order valence-electron chi connectivity index (χ2n) is 6.65. The molecule has 1 aliphatic rings. The van der Waals surface area contributed by atoms with Gasteiger partial charge in [-0.3, -0.25) is 4.79 Å². The minimum absolute atomic E-state index is 0.108. The van der Waals surface area contributed by atoms with E-state index in [1.807, 2.05) is 6.92 Å².